The molecular weight excluding hydrogens is 538 g/mol. The first-order chi connectivity index (χ1) is 18.7. The van der Waals surface area contributed by atoms with Gasteiger partial charge in [-0.3, -0.25) is 9.69 Å². The third-order valence-electron chi connectivity index (χ3n) is 8.18. The maximum Gasteiger partial charge on any atom is 0.243 e. The third-order valence-corrected chi connectivity index (χ3v) is 10.2. The van der Waals surface area contributed by atoms with E-state index < -0.39 is 21.3 Å². The van der Waals surface area contributed by atoms with E-state index >= 15 is 0 Å². The number of likely N-dealkylation sites (tertiary alicyclic amines) is 1. The molecule has 3 aliphatic heterocycles. The minimum Gasteiger partial charge on any atom is -0.380 e. The van der Waals surface area contributed by atoms with Crippen LogP contribution in [-0.2, 0) is 30.8 Å². The van der Waals surface area contributed by atoms with Crippen LogP contribution in [0, 0.1) is 0 Å². The van der Waals surface area contributed by atoms with Crippen LogP contribution in [0.5, 0.6) is 0 Å². The zero-order chi connectivity index (χ0) is 27.3. The minimum absolute atomic E-state index is 0.0169. The average Bonchev–Trinajstić information content (AvgIpc) is 3.24. The van der Waals surface area contributed by atoms with Crippen LogP contribution < -0.4 is 0 Å². The molecule has 3 fully saturated rings. The summed E-state index contributed by atoms with van der Waals surface area (Å²) in [5.41, 5.74) is -0.422. The molecule has 39 heavy (non-hydrogen) atoms. The Labute approximate surface area is 234 Å². The highest BCUT2D eigenvalue weighted by atomic mass is 35.5. The molecule has 1 spiro atoms. The van der Waals surface area contributed by atoms with Gasteiger partial charge >= 0.3 is 0 Å². The Morgan fingerprint density at radius 3 is 2.44 bits per heavy atom. The standard InChI is InChI=1S/C29H32ClN3O5S/c1-37-21-29-20-32(39(35,36)26-10-8-23-15-25(30)9-7-24(23)16-26)18-27(34)33(29)19-28(38-29)11-13-31(14-12-28)17-22-5-3-2-4-6-22/h2-10,15-16H,11-14,17-21H2,1H3. The fourth-order valence-electron chi connectivity index (χ4n) is 6.20. The number of sulfonamides is 1. The summed E-state index contributed by atoms with van der Waals surface area (Å²) < 4.78 is 41.1. The lowest BCUT2D eigenvalue weighted by Gasteiger charge is -2.44. The maximum absolute atomic E-state index is 13.8. The number of amides is 1. The number of methoxy groups -OCH3 is 1. The molecule has 6 rings (SSSR count). The summed E-state index contributed by atoms with van der Waals surface area (Å²) in [6.45, 7) is 2.86. The lowest BCUT2D eigenvalue weighted by Crippen LogP contribution is -2.65. The van der Waals surface area contributed by atoms with E-state index in [0.29, 0.717) is 11.6 Å². The van der Waals surface area contributed by atoms with E-state index in [4.69, 9.17) is 21.1 Å². The predicted octanol–water partition coefficient (Wildman–Crippen LogP) is 3.73. The van der Waals surface area contributed by atoms with Crippen LogP contribution in [0.3, 0.4) is 0 Å². The van der Waals surface area contributed by atoms with Gasteiger partial charge in [-0.2, -0.15) is 4.31 Å². The fourth-order valence-corrected chi connectivity index (χ4v) is 7.84. The Balaban J connectivity index is 1.23. The van der Waals surface area contributed by atoms with Crippen LogP contribution in [0.25, 0.3) is 10.8 Å². The Morgan fingerprint density at radius 2 is 1.69 bits per heavy atom. The summed E-state index contributed by atoms with van der Waals surface area (Å²) in [5.74, 6) is -0.266. The summed E-state index contributed by atoms with van der Waals surface area (Å²) in [7, 11) is -2.42. The number of nitrogens with zero attached hydrogens (tertiary/aromatic N) is 3. The van der Waals surface area contributed by atoms with Gasteiger partial charge in [-0.25, -0.2) is 8.42 Å². The molecule has 10 heteroatoms. The van der Waals surface area contributed by atoms with Crippen LogP contribution in [-0.4, -0.2) is 86.2 Å². The van der Waals surface area contributed by atoms with Gasteiger partial charge in [-0.05, 0) is 53.4 Å². The van der Waals surface area contributed by atoms with Gasteiger partial charge in [0.2, 0.25) is 15.9 Å². The summed E-state index contributed by atoms with van der Waals surface area (Å²) in [5, 5.41) is 2.19. The molecule has 3 saturated heterocycles. The monoisotopic (exact) mass is 569 g/mol. The molecule has 0 saturated carbocycles. The van der Waals surface area contributed by atoms with Gasteiger partial charge in [0, 0.05) is 31.8 Å². The number of piperidine rings is 1. The van der Waals surface area contributed by atoms with E-state index in [1.807, 2.05) is 18.2 Å². The smallest absolute Gasteiger partial charge is 0.243 e. The van der Waals surface area contributed by atoms with E-state index in [1.54, 1.807) is 48.4 Å². The number of hydrogen-bond acceptors (Lipinski definition) is 6. The second kappa shape index (κ2) is 10.1. The van der Waals surface area contributed by atoms with E-state index in [1.165, 1.54) is 9.87 Å². The summed E-state index contributed by atoms with van der Waals surface area (Å²) in [6.07, 6.45) is 1.52. The molecule has 3 heterocycles. The molecule has 3 aromatic carbocycles. The molecule has 0 radical (unpaired) electrons. The minimum atomic E-state index is -3.97. The number of fused-ring (bicyclic) bond motifs is 2. The van der Waals surface area contributed by atoms with E-state index in [2.05, 4.69) is 17.0 Å². The molecule has 0 aromatic heterocycles. The third kappa shape index (κ3) is 4.96. The number of carbonyl (C=O) groups is 1. The van der Waals surface area contributed by atoms with Crippen molar-refractivity contribution in [3.63, 3.8) is 0 Å². The van der Waals surface area contributed by atoms with Crippen molar-refractivity contribution in [1.82, 2.24) is 14.1 Å². The molecule has 0 aliphatic carbocycles. The van der Waals surface area contributed by atoms with Crippen LogP contribution in [0.15, 0.2) is 71.6 Å². The first kappa shape index (κ1) is 26.7. The van der Waals surface area contributed by atoms with Crippen molar-refractivity contribution in [3.8, 4) is 0 Å². The van der Waals surface area contributed by atoms with Crippen LogP contribution in [0.2, 0.25) is 5.02 Å². The first-order valence-corrected chi connectivity index (χ1v) is 15.0. The molecule has 1 amide bonds. The van der Waals surface area contributed by atoms with Crippen LogP contribution >= 0.6 is 11.6 Å². The number of carbonyl (C=O) groups excluding carboxylic acids is 1. The zero-order valence-electron chi connectivity index (χ0n) is 21.9. The van der Waals surface area contributed by atoms with Gasteiger partial charge < -0.3 is 14.4 Å². The molecule has 0 bridgehead atoms. The summed E-state index contributed by atoms with van der Waals surface area (Å²) in [6, 6.07) is 20.6. The van der Waals surface area contributed by atoms with E-state index in [-0.39, 0.29) is 30.5 Å². The quantitative estimate of drug-likeness (QED) is 0.450. The SMILES string of the molecule is COCC12CN(S(=O)(=O)c3ccc4cc(Cl)ccc4c3)CC(=O)N1CC1(CCN(Cc3ccccc3)CC1)O2. The second-order valence-corrected chi connectivity index (χ2v) is 13.2. The van der Waals surface area contributed by atoms with Crippen molar-refractivity contribution < 1.29 is 22.7 Å². The molecule has 3 aliphatic rings. The highest BCUT2D eigenvalue weighted by molar-refractivity contribution is 7.89. The van der Waals surface area contributed by atoms with Crippen molar-refractivity contribution in [1.29, 1.82) is 0 Å². The number of ether oxygens (including phenoxy) is 2. The Hall–Kier alpha value is -2.53. The van der Waals surface area contributed by atoms with Gasteiger partial charge in [0.15, 0.2) is 5.72 Å². The summed E-state index contributed by atoms with van der Waals surface area (Å²) >= 11 is 6.09. The molecule has 8 nitrogen and oxygen atoms in total. The van der Waals surface area contributed by atoms with E-state index in [0.717, 1.165) is 43.2 Å². The van der Waals surface area contributed by atoms with Crippen molar-refractivity contribution in [2.75, 3.05) is 46.4 Å². The number of piperazine rings is 1. The second-order valence-electron chi connectivity index (χ2n) is 10.8. The predicted molar refractivity (Wildman–Crippen MR) is 149 cm³/mol. The Bertz CT molecular complexity index is 1490. The molecule has 1 unspecified atom stereocenters. The van der Waals surface area contributed by atoms with Gasteiger partial charge in [0.1, 0.15) is 0 Å². The number of hydrogen-bond donors (Lipinski definition) is 0. The van der Waals surface area contributed by atoms with Gasteiger partial charge in [-0.1, -0.05) is 54.1 Å². The van der Waals surface area contributed by atoms with Crippen molar-refractivity contribution >= 4 is 38.3 Å². The number of halogens is 1. The Morgan fingerprint density at radius 1 is 0.974 bits per heavy atom. The number of benzene rings is 3. The maximum atomic E-state index is 13.8. The molecule has 206 valence electrons. The summed E-state index contributed by atoms with van der Waals surface area (Å²) in [4.78, 5) is 17.7. The highest BCUT2D eigenvalue weighted by Crippen LogP contribution is 2.44. The molecule has 1 atom stereocenters. The van der Waals surface area contributed by atoms with Crippen molar-refractivity contribution in [2.24, 2.45) is 0 Å². The van der Waals surface area contributed by atoms with Crippen LogP contribution in [0.4, 0.5) is 0 Å². The molecule has 0 N–H and O–H groups in total. The van der Waals surface area contributed by atoms with E-state index in [9.17, 15) is 13.2 Å². The van der Waals surface area contributed by atoms with Crippen molar-refractivity contribution in [2.45, 2.75) is 35.6 Å². The Kier molecular flexibility index (Phi) is 6.94. The number of rotatable bonds is 6. The molecule has 3 aromatic rings. The fraction of sp³-hybridized carbons (Fsp3) is 0.414. The van der Waals surface area contributed by atoms with Crippen LogP contribution in [0.1, 0.15) is 18.4 Å². The largest absolute Gasteiger partial charge is 0.380 e. The average molecular weight is 570 g/mol. The highest BCUT2D eigenvalue weighted by Gasteiger charge is 2.60. The first-order valence-electron chi connectivity index (χ1n) is 13.2. The lowest BCUT2D eigenvalue weighted by molar-refractivity contribution is -0.197. The van der Waals surface area contributed by atoms with Gasteiger partial charge in [-0.15, -0.1) is 0 Å². The van der Waals surface area contributed by atoms with Gasteiger partial charge in [0.05, 0.1) is 36.7 Å². The van der Waals surface area contributed by atoms with Crippen molar-refractivity contribution in [3.05, 3.63) is 77.3 Å². The molecular formula is C29H32ClN3O5S. The normalized spacial score (nSPS) is 23.9. The lowest BCUT2D eigenvalue weighted by atomic mass is 9.91. The van der Waals surface area contributed by atoms with Gasteiger partial charge in [0.25, 0.3) is 0 Å². The zero-order valence-corrected chi connectivity index (χ0v) is 23.5. The topological polar surface area (TPSA) is 79.4 Å².